The number of halogens is 1. The van der Waals surface area contributed by atoms with Gasteiger partial charge in [0.1, 0.15) is 24.9 Å². The Morgan fingerprint density at radius 1 is 1.14 bits per heavy atom. The highest BCUT2D eigenvalue weighted by atomic mass is 19.1. The van der Waals surface area contributed by atoms with Gasteiger partial charge >= 0.3 is 0 Å². The fraction of sp³-hybridized carbons (Fsp3) is 0.333. The number of methoxy groups -OCH3 is 1. The van der Waals surface area contributed by atoms with E-state index >= 15 is 0 Å². The van der Waals surface area contributed by atoms with E-state index in [-0.39, 0.29) is 19.0 Å². The second-order valence-electron chi connectivity index (χ2n) is 6.92. The van der Waals surface area contributed by atoms with Gasteiger partial charge in [-0.05, 0) is 23.8 Å². The van der Waals surface area contributed by atoms with Gasteiger partial charge in [0.2, 0.25) is 0 Å². The molecule has 8 heteroatoms. The van der Waals surface area contributed by atoms with Crippen molar-refractivity contribution in [3.05, 3.63) is 71.1 Å². The first-order valence-corrected chi connectivity index (χ1v) is 9.45. The van der Waals surface area contributed by atoms with Crippen LogP contribution in [0.15, 0.2) is 42.5 Å². The summed E-state index contributed by atoms with van der Waals surface area (Å²) >= 11 is 0. The van der Waals surface area contributed by atoms with Crippen molar-refractivity contribution >= 4 is 0 Å². The fourth-order valence-electron chi connectivity index (χ4n) is 3.55. The minimum Gasteiger partial charge on any atom is -0.493 e. The van der Waals surface area contributed by atoms with Gasteiger partial charge in [-0.3, -0.25) is 4.90 Å². The van der Waals surface area contributed by atoms with Crippen LogP contribution in [0, 0.1) is 5.82 Å². The van der Waals surface area contributed by atoms with Crippen molar-refractivity contribution in [2.24, 2.45) is 0 Å². The molecule has 1 aliphatic rings. The van der Waals surface area contributed by atoms with E-state index in [1.807, 2.05) is 28.8 Å². The standard InChI is InChI=1S/C21H23FN4O3/c1-28-18-7-3-5-16(21(18)29-14-15-4-2-6-17(22)10-15)11-25-8-9-26-19(12-25)23-24-20(26)13-27/h2-7,10,27H,8-9,11-14H2,1H3. The van der Waals surface area contributed by atoms with E-state index in [4.69, 9.17) is 9.47 Å². The Hall–Kier alpha value is -2.97. The molecule has 3 aromatic rings. The third kappa shape index (κ3) is 4.23. The Balaban J connectivity index is 1.51. The molecular formula is C21H23FN4O3. The zero-order valence-corrected chi connectivity index (χ0v) is 16.2. The number of rotatable bonds is 7. The zero-order valence-electron chi connectivity index (χ0n) is 16.2. The van der Waals surface area contributed by atoms with Gasteiger partial charge in [0.25, 0.3) is 0 Å². The van der Waals surface area contributed by atoms with E-state index in [2.05, 4.69) is 15.1 Å². The van der Waals surface area contributed by atoms with E-state index in [1.54, 1.807) is 13.2 Å². The van der Waals surface area contributed by atoms with Crippen molar-refractivity contribution in [3.63, 3.8) is 0 Å². The van der Waals surface area contributed by atoms with Crippen LogP contribution in [-0.2, 0) is 32.8 Å². The van der Waals surface area contributed by atoms with E-state index in [0.717, 1.165) is 30.0 Å². The highest BCUT2D eigenvalue weighted by Crippen LogP contribution is 2.33. The molecule has 0 atom stereocenters. The lowest BCUT2D eigenvalue weighted by atomic mass is 10.1. The molecular weight excluding hydrogens is 375 g/mol. The largest absolute Gasteiger partial charge is 0.493 e. The van der Waals surface area contributed by atoms with Gasteiger partial charge in [-0.1, -0.05) is 24.3 Å². The van der Waals surface area contributed by atoms with Crippen LogP contribution in [0.5, 0.6) is 11.5 Å². The summed E-state index contributed by atoms with van der Waals surface area (Å²) in [6, 6.07) is 12.2. The van der Waals surface area contributed by atoms with Crippen LogP contribution < -0.4 is 9.47 Å². The number of benzene rings is 2. The number of hydrogen-bond donors (Lipinski definition) is 1. The molecule has 29 heavy (non-hydrogen) atoms. The summed E-state index contributed by atoms with van der Waals surface area (Å²) in [6.07, 6.45) is 0. The van der Waals surface area contributed by atoms with Crippen LogP contribution in [-0.4, -0.2) is 38.4 Å². The molecule has 0 radical (unpaired) electrons. The van der Waals surface area contributed by atoms with Crippen molar-refractivity contribution in [3.8, 4) is 11.5 Å². The molecule has 7 nitrogen and oxygen atoms in total. The first-order chi connectivity index (χ1) is 14.2. The highest BCUT2D eigenvalue weighted by molar-refractivity contribution is 5.46. The van der Waals surface area contributed by atoms with Gasteiger partial charge in [-0.15, -0.1) is 10.2 Å². The summed E-state index contributed by atoms with van der Waals surface area (Å²) in [5, 5.41) is 17.6. The smallest absolute Gasteiger partial charge is 0.166 e. The maximum absolute atomic E-state index is 13.5. The summed E-state index contributed by atoms with van der Waals surface area (Å²) in [5.41, 5.74) is 1.74. The van der Waals surface area contributed by atoms with Gasteiger partial charge in [-0.25, -0.2) is 4.39 Å². The number of nitrogens with zero attached hydrogens (tertiary/aromatic N) is 4. The number of hydrogen-bond acceptors (Lipinski definition) is 6. The lowest BCUT2D eigenvalue weighted by Gasteiger charge is -2.28. The molecule has 0 aliphatic carbocycles. The number of aliphatic hydroxyl groups excluding tert-OH is 1. The fourth-order valence-corrected chi connectivity index (χ4v) is 3.55. The van der Waals surface area contributed by atoms with E-state index in [9.17, 15) is 9.50 Å². The van der Waals surface area contributed by atoms with E-state index in [0.29, 0.717) is 30.4 Å². The molecule has 0 fully saturated rings. The first-order valence-electron chi connectivity index (χ1n) is 9.45. The van der Waals surface area contributed by atoms with Gasteiger partial charge in [-0.2, -0.15) is 0 Å². The monoisotopic (exact) mass is 398 g/mol. The number of ether oxygens (including phenoxy) is 2. The predicted molar refractivity (Wildman–Crippen MR) is 104 cm³/mol. The summed E-state index contributed by atoms with van der Waals surface area (Å²) in [7, 11) is 1.61. The Morgan fingerprint density at radius 2 is 2.00 bits per heavy atom. The van der Waals surface area contributed by atoms with E-state index < -0.39 is 0 Å². The Labute approximate surface area is 168 Å². The Morgan fingerprint density at radius 3 is 2.79 bits per heavy atom. The van der Waals surface area contributed by atoms with Crippen molar-refractivity contribution in [1.29, 1.82) is 0 Å². The quantitative estimate of drug-likeness (QED) is 0.659. The van der Waals surface area contributed by atoms with Gasteiger partial charge in [0, 0.05) is 25.2 Å². The number of para-hydroxylation sites is 1. The average Bonchev–Trinajstić information content (AvgIpc) is 3.15. The minimum atomic E-state index is -0.286. The van der Waals surface area contributed by atoms with Crippen LogP contribution >= 0.6 is 0 Å². The Kier molecular flexibility index (Phi) is 5.73. The van der Waals surface area contributed by atoms with Crippen LogP contribution in [0.4, 0.5) is 4.39 Å². The molecule has 0 amide bonds. The zero-order chi connectivity index (χ0) is 20.2. The second kappa shape index (κ2) is 8.59. The van der Waals surface area contributed by atoms with Gasteiger partial charge in [0.15, 0.2) is 17.3 Å². The lowest BCUT2D eigenvalue weighted by molar-refractivity contribution is 0.194. The first kappa shape index (κ1) is 19.4. The molecule has 0 saturated heterocycles. The predicted octanol–water partition coefficient (Wildman–Crippen LogP) is 2.51. The third-order valence-electron chi connectivity index (χ3n) is 5.00. The van der Waals surface area contributed by atoms with Gasteiger partial charge < -0.3 is 19.1 Å². The summed E-state index contributed by atoms with van der Waals surface area (Å²) < 4.78 is 27.0. The highest BCUT2D eigenvalue weighted by Gasteiger charge is 2.22. The third-order valence-corrected chi connectivity index (χ3v) is 5.00. The average molecular weight is 398 g/mol. The molecule has 1 aliphatic heterocycles. The van der Waals surface area contributed by atoms with Crippen molar-refractivity contribution in [2.75, 3.05) is 13.7 Å². The maximum Gasteiger partial charge on any atom is 0.166 e. The maximum atomic E-state index is 13.5. The molecule has 4 rings (SSSR count). The lowest BCUT2D eigenvalue weighted by Crippen LogP contribution is -2.34. The Bertz CT molecular complexity index is 992. The minimum absolute atomic E-state index is 0.110. The molecule has 1 aromatic heterocycles. The van der Waals surface area contributed by atoms with Gasteiger partial charge in [0.05, 0.1) is 13.7 Å². The normalized spacial score (nSPS) is 13.9. The van der Waals surface area contributed by atoms with Crippen LogP contribution in [0.1, 0.15) is 22.8 Å². The number of aliphatic hydroxyl groups is 1. The van der Waals surface area contributed by atoms with E-state index in [1.165, 1.54) is 12.1 Å². The summed E-state index contributed by atoms with van der Waals surface area (Å²) in [6.45, 7) is 2.95. The summed E-state index contributed by atoms with van der Waals surface area (Å²) in [4.78, 5) is 2.25. The van der Waals surface area contributed by atoms with Crippen LogP contribution in [0.2, 0.25) is 0 Å². The summed E-state index contributed by atoms with van der Waals surface area (Å²) in [5.74, 6) is 2.44. The molecule has 0 bridgehead atoms. The molecule has 2 heterocycles. The molecule has 0 unspecified atom stereocenters. The van der Waals surface area contributed by atoms with Crippen molar-refractivity contribution in [1.82, 2.24) is 19.7 Å². The van der Waals surface area contributed by atoms with Crippen LogP contribution in [0.3, 0.4) is 0 Å². The number of aromatic nitrogens is 3. The van der Waals surface area contributed by atoms with Crippen LogP contribution in [0.25, 0.3) is 0 Å². The molecule has 0 saturated carbocycles. The molecule has 152 valence electrons. The molecule has 1 N–H and O–H groups in total. The SMILES string of the molecule is COc1cccc(CN2CCn3c(CO)nnc3C2)c1OCc1cccc(F)c1. The number of fused-ring (bicyclic) bond motifs is 1. The topological polar surface area (TPSA) is 72.6 Å². The van der Waals surface area contributed by atoms with Crippen molar-refractivity contribution in [2.45, 2.75) is 32.8 Å². The molecule has 0 spiro atoms. The molecule has 2 aromatic carbocycles. The van der Waals surface area contributed by atoms with Crippen molar-refractivity contribution < 1.29 is 19.0 Å². The second-order valence-corrected chi connectivity index (χ2v) is 6.92.